The van der Waals surface area contributed by atoms with Crippen molar-refractivity contribution >= 4 is 5.97 Å². The van der Waals surface area contributed by atoms with Crippen molar-refractivity contribution in [2.24, 2.45) is 0 Å². The van der Waals surface area contributed by atoms with E-state index in [1.165, 1.54) is 57.8 Å². The minimum Gasteiger partial charge on any atom is -0.494 e. The SMILES string of the molecule is CCCCCCCC1OC(C)CC(CC(O)CC2CC(CC)OC(CCCCCCCCCOc3ccc(-c4ccc(C(=O)OCC)cc4)cc3)O2)O1. The summed E-state index contributed by atoms with van der Waals surface area (Å²) in [6.45, 7) is 9.45. The van der Waals surface area contributed by atoms with E-state index in [4.69, 9.17) is 28.4 Å². The molecule has 2 aromatic carbocycles. The summed E-state index contributed by atoms with van der Waals surface area (Å²) in [4.78, 5) is 11.9. The second-order valence-electron chi connectivity index (χ2n) is 15.2. The van der Waals surface area contributed by atoms with Crippen molar-refractivity contribution in [3.63, 3.8) is 0 Å². The monoisotopic (exact) mass is 739 g/mol. The summed E-state index contributed by atoms with van der Waals surface area (Å²) in [5.41, 5.74) is 2.70. The predicted molar refractivity (Wildman–Crippen MR) is 211 cm³/mol. The number of hydrogen-bond donors (Lipinski definition) is 1. The average Bonchev–Trinajstić information content (AvgIpc) is 3.15. The molecule has 2 aromatic rings. The summed E-state index contributed by atoms with van der Waals surface area (Å²) < 4.78 is 36.1. The van der Waals surface area contributed by atoms with E-state index >= 15 is 0 Å². The number of benzene rings is 2. The Labute approximate surface area is 320 Å². The lowest BCUT2D eigenvalue weighted by Crippen LogP contribution is -2.41. The molecule has 0 spiro atoms. The molecule has 53 heavy (non-hydrogen) atoms. The summed E-state index contributed by atoms with van der Waals surface area (Å²) in [6.07, 6.45) is 19.8. The van der Waals surface area contributed by atoms with Crippen LogP contribution in [0.25, 0.3) is 11.1 Å². The lowest BCUT2D eigenvalue weighted by molar-refractivity contribution is -0.255. The van der Waals surface area contributed by atoms with Gasteiger partial charge in [-0.25, -0.2) is 4.79 Å². The second kappa shape index (κ2) is 24.8. The van der Waals surface area contributed by atoms with Crippen LogP contribution in [0.15, 0.2) is 48.5 Å². The first-order valence-electron chi connectivity index (χ1n) is 21.2. The maximum atomic E-state index is 11.9. The van der Waals surface area contributed by atoms with Gasteiger partial charge in [-0.15, -0.1) is 0 Å². The standard InChI is InChI=1S/C45H70O8/c1-5-8-9-13-16-19-43-50-34(4)30-41(52-43)31-38(46)32-42-33-39(6-2)51-44(53-42)20-17-14-11-10-12-15-18-29-49-40-27-25-36(26-28-40)35-21-23-37(24-22-35)45(47)48-7-3/h21-28,34,38-39,41-44,46H,5-20,29-33H2,1-4H3. The quantitative estimate of drug-likeness (QED) is 0.0795. The molecule has 1 N–H and O–H groups in total. The maximum absolute atomic E-state index is 11.9. The molecule has 298 valence electrons. The van der Waals surface area contributed by atoms with Crippen molar-refractivity contribution < 1.29 is 38.3 Å². The third-order valence-electron chi connectivity index (χ3n) is 10.5. The molecule has 0 aliphatic carbocycles. The van der Waals surface area contributed by atoms with Crippen LogP contribution < -0.4 is 4.74 Å². The number of aliphatic hydroxyl groups excluding tert-OH is 1. The summed E-state index contributed by atoms with van der Waals surface area (Å²) in [7, 11) is 0. The average molecular weight is 739 g/mol. The molecule has 2 aliphatic rings. The molecular formula is C45H70O8. The molecule has 8 nitrogen and oxygen atoms in total. The van der Waals surface area contributed by atoms with E-state index in [1.54, 1.807) is 12.1 Å². The van der Waals surface area contributed by atoms with Gasteiger partial charge in [0.15, 0.2) is 12.6 Å². The zero-order valence-electron chi connectivity index (χ0n) is 33.3. The van der Waals surface area contributed by atoms with Gasteiger partial charge >= 0.3 is 5.97 Å². The smallest absolute Gasteiger partial charge is 0.338 e. The fourth-order valence-corrected chi connectivity index (χ4v) is 7.55. The molecule has 2 aliphatic heterocycles. The van der Waals surface area contributed by atoms with Crippen molar-refractivity contribution in [3.05, 3.63) is 54.1 Å². The van der Waals surface area contributed by atoms with Gasteiger partial charge in [-0.3, -0.25) is 0 Å². The first-order valence-corrected chi connectivity index (χ1v) is 21.2. The molecule has 7 atom stereocenters. The number of aliphatic hydroxyl groups is 1. The largest absolute Gasteiger partial charge is 0.494 e. The van der Waals surface area contributed by atoms with E-state index in [0.29, 0.717) is 25.0 Å². The van der Waals surface area contributed by atoms with Gasteiger partial charge < -0.3 is 33.5 Å². The second-order valence-corrected chi connectivity index (χ2v) is 15.2. The molecule has 0 bridgehead atoms. The van der Waals surface area contributed by atoms with Gasteiger partial charge in [-0.2, -0.15) is 0 Å². The lowest BCUT2D eigenvalue weighted by atomic mass is 9.97. The molecule has 2 saturated heterocycles. The van der Waals surface area contributed by atoms with Crippen molar-refractivity contribution in [3.8, 4) is 16.9 Å². The molecule has 8 heteroatoms. The number of unbranched alkanes of at least 4 members (excludes halogenated alkanes) is 10. The van der Waals surface area contributed by atoms with Crippen LogP contribution in [-0.2, 0) is 23.7 Å². The Kier molecular flexibility index (Phi) is 20.3. The van der Waals surface area contributed by atoms with Crippen LogP contribution in [0.5, 0.6) is 5.75 Å². The highest BCUT2D eigenvalue weighted by atomic mass is 16.7. The third-order valence-corrected chi connectivity index (χ3v) is 10.5. The number of hydrogen-bond acceptors (Lipinski definition) is 8. The Morgan fingerprint density at radius 1 is 0.679 bits per heavy atom. The molecule has 0 amide bonds. The summed E-state index contributed by atoms with van der Waals surface area (Å²) in [5, 5.41) is 11.1. The summed E-state index contributed by atoms with van der Waals surface area (Å²) >= 11 is 0. The van der Waals surface area contributed by atoms with Crippen molar-refractivity contribution in [1.82, 2.24) is 0 Å². The van der Waals surface area contributed by atoms with E-state index in [2.05, 4.69) is 32.9 Å². The van der Waals surface area contributed by atoms with Crippen LogP contribution in [-0.4, -0.2) is 67.4 Å². The van der Waals surface area contributed by atoms with Crippen molar-refractivity contribution in [2.45, 2.75) is 193 Å². The minimum absolute atomic E-state index is 0.0250. The maximum Gasteiger partial charge on any atom is 0.338 e. The lowest BCUT2D eigenvalue weighted by Gasteiger charge is -2.38. The predicted octanol–water partition coefficient (Wildman–Crippen LogP) is 11.0. The summed E-state index contributed by atoms with van der Waals surface area (Å²) in [5.74, 6) is 0.588. The minimum atomic E-state index is -0.447. The van der Waals surface area contributed by atoms with Crippen LogP contribution in [0.1, 0.15) is 160 Å². The number of rotatable bonds is 25. The van der Waals surface area contributed by atoms with Crippen LogP contribution >= 0.6 is 0 Å². The number of carbonyl (C=O) groups is 1. The Morgan fingerprint density at radius 3 is 1.81 bits per heavy atom. The molecular weight excluding hydrogens is 668 g/mol. The fourth-order valence-electron chi connectivity index (χ4n) is 7.55. The molecule has 0 aromatic heterocycles. The highest BCUT2D eigenvalue weighted by Crippen LogP contribution is 2.30. The Bertz CT molecular complexity index is 1250. The molecule has 0 radical (unpaired) electrons. The first-order chi connectivity index (χ1) is 25.9. The Hall–Kier alpha value is -2.49. The van der Waals surface area contributed by atoms with Gasteiger partial charge in [0.2, 0.25) is 0 Å². The van der Waals surface area contributed by atoms with Crippen LogP contribution in [0.2, 0.25) is 0 Å². The fraction of sp³-hybridized carbons (Fsp3) is 0.711. The normalized spacial score (nSPS) is 23.8. The van der Waals surface area contributed by atoms with Crippen molar-refractivity contribution in [2.75, 3.05) is 13.2 Å². The van der Waals surface area contributed by atoms with Crippen molar-refractivity contribution in [1.29, 1.82) is 0 Å². The van der Waals surface area contributed by atoms with E-state index < -0.39 is 6.10 Å². The van der Waals surface area contributed by atoms with E-state index in [-0.39, 0.29) is 43.0 Å². The Balaban J connectivity index is 1.03. The van der Waals surface area contributed by atoms with Gasteiger partial charge in [0.25, 0.3) is 0 Å². The van der Waals surface area contributed by atoms with Gasteiger partial charge in [0.1, 0.15) is 5.75 Å². The van der Waals surface area contributed by atoms with Gasteiger partial charge in [0, 0.05) is 6.42 Å². The van der Waals surface area contributed by atoms with Crippen LogP contribution in [0.3, 0.4) is 0 Å². The van der Waals surface area contributed by atoms with E-state index in [9.17, 15) is 9.90 Å². The third kappa shape index (κ3) is 16.4. The molecule has 4 rings (SSSR count). The number of carbonyl (C=O) groups excluding carboxylic acids is 1. The van der Waals surface area contributed by atoms with E-state index in [0.717, 1.165) is 74.8 Å². The molecule has 7 unspecified atom stereocenters. The van der Waals surface area contributed by atoms with E-state index in [1.807, 2.05) is 31.2 Å². The van der Waals surface area contributed by atoms with Gasteiger partial charge in [0.05, 0.1) is 49.3 Å². The molecule has 0 saturated carbocycles. The van der Waals surface area contributed by atoms with Crippen LogP contribution in [0, 0.1) is 0 Å². The van der Waals surface area contributed by atoms with Gasteiger partial charge in [-0.05, 0) is 107 Å². The zero-order chi connectivity index (χ0) is 37.7. The summed E-state index contributed by atoms with van der Waals surface area (Å²) in [6, 6.07) is 15.6. The molecule has 2 fully saturated rings. The first kappa shape index (κ1) is 43.2. The molecule has 2 heterocycles. The highest BCUT2D eigenvalue weighted by Gasteiger charge is 2.33. The highest BCUT2D eigenvalue weighted by molar-refractivity contribution is 5.90. The number of esters is 1. The zero-order valence-corrected chi connectivity index (χ0v) is 33.3. The topological polar surface area (TPSA) is 92.7 Å². The number of ether oxygens (including phenoxy) is 6. The van der Waals surface area contributed by atoms with Crippen LogP contribution in [0.4, 0.5) is 0 Å². The van der Waals surface area contributed by atoms with Gasteiger partial charge in [-0.1, -0.05) is 95.9 Å². The Morgan fingerprint density at radius 2 is 1.21 bits per heavy atom.